The van der Waals surface area contributed by atoms with Crippen molar-refractivity contribution in [2.75, 3.05) is 6.61 Å². The van der Waals surface area contributed by atoms with Crippen molar-refractivity contribution in [2.24, 2.45) is 0 Å². The van der Waals surface area contributed by atoms with E-state index in [4.69, 9.17) is 5.11 Å². The van der Waals surface area contributed by atoms with Crippen molar-refractivity contribution >= 4 is 5.91 Å². The minimum absolute atomic E-state index is 0.0199. The smallest absolute Gasteiger partial charge is 0.224 e. The molecule has 1 unspecified atom stereocenters. The van der Waals surface area contributed by atoms with E-state index in [0.29, 0.717) is 12.8 Å². The summed E-state index contributed by atoms with van der Waals surface area (Å²) in [4.78, 5) is 11.7. The number of carbonyl (C=O) groups excluding carboxylic acids is 1. The van der Waals surface area contributed by atoms with Crippen molar-refractivity contribution in [3.05, 3.63) is 35.9 Å². The van der Waals surface area contributed by atoms with Gasteiger partial charge in [-0.15, -0.1) is 0 Å². The van der Waals surface area contributed by atoms with Gasteiger partial charge in [0.15, 0.2) is 0 Å². The van der Waals surface area contributed by atoms with Crippen molar-refractivity contribution in [3.63, 3.8) is 0 Å². The Morgan fingerprint density at radius 2 is 2.06 bits per heavy atom. The Morgan fingerprint density at radius 1 is 1.38 bits per heavy atom. The number of aliphatic hydroxyl groups excluding tert-OH is 1. The molecule has 0 fully saturated rings. The molecule has 3 nitrogen and oxygen atoms in total. The molecule has 16 heavy (non-hydrogen) atoms. The monoisotopic (exact) mass is 221 g/mol. The van der Waals surface area contributed by atoms with Gasteiger partial charge in [-0.2, -0.15) is 0 Å². The summed E-state index contributed by atoms with van der Waals surface area (Å²) in [7, 11) is 0. The van der Waals surface area contributed by atoms with Crippen molar-refractivity contribution in [1.29, 1.82) is 0 Å². The van der Waals surface area contributed by atoms with Crippen LogP contribution in [-0.4, -0.2) is 23.7 Å². The molecular weight excluding hydrogens is 202 g/mol. The van der Waals surface area contributed by atoms with Gasteiger partial charge in [0.2, 0.25) is 5.91 Å². The second kappa shape index (κ2) is 7.01. The molecule has 1 aromatic carbocycles. The van der Waals surface area contributed by atoms with Crippen molar-refractivity contribution in [2.45, 2.75) is 32.2 Å². The number of rotatable bonds is 6. The van der Waals surface area contributed by atoms with Gasteiger partial charge in [0.25, 0.3) is 0 Å². The second-order valence-electron chi connectivity index (χ2n) is 3.85. The molecule has 0 aliphatic rings. The van der Waals surface area contributed by atoms with Gasteiger partial charge in [-0.05, 0) is 18.4 Å². The van der Waals surface area contributed by atoms with E-state index in [2.05, 4.69) is 5.32 Å². The van der Waals surface area contributed by atoms with E-state index in [0.717, 1.165) is 12.0 Å². The maximum absolute atomic E-state index is 11.7. The third-order valence-electron chi connectivity index (χ3n) is 2.54. The van der Waals surface area contributed by atoms with E-state index in [9.17, 15) is 4.79 Å². The lowest BCUT2D eigenvalue weighted by Gasteiger charge is -2.15. The van der Waals surface area contributed by atoms with Crippen molar-refractivity contribution in [1.82, 2.24) is 5.32 Å². The van der Waals surface area contributed by atoms with E-state index in [1.807, 2.05) is 37.3 Å². The van der Waals surface area contributed by atoms with Crippen LogP contribution >= 0.6 is 0 Å². The predicted octanol–water partition coefficient (Wildman–Crippen LogP) is 1.51. The van der Waals surface area contributed by atoms with Crippen LogP contribution in [0.2, 0.25) is 0 Å². The highest BCUT2D eigenvalue weighted by molar-refractivity contribution is 5.78. The van der Waals surface area contributed by atoms with Crippen LogP contribution in [0, 0.1) is 0 Å². The summed E-state index contributed by atoms with van der Waals surface area (Å²) in [6, 6.07) is 9.74. The van der Waals surface area contributed by atoms with Gasteiger partial charge in [-0.3, -0.25) is 4.79 Å². The molecule has 0 saturated carbocycles. The third-order valence-corrected chi connectivity index (χ3v) is 2.54. The molecule has 0 aliphatic heterocycles. The molecule has 0 aromatic heterocycles. The Labute approximate surface area is 96.5 Å². The van der Waals surface area contributed by atoms with Gasteiger partial charge in [-0.1, -0.05) is 37.3 Å². The van der Waals surface area contributed by atoms with Crippen LogP contribution in [0.4, 0.5) is 0 Å². The van der Waals surface area contributed by atoms with E-state index in [-0.39, 0.29) is 18.6 Å². The highest BCUT2D eigenvalue weighted by Gasteiger charge is 2.09. The van der Waals surface area contributed by atoms with Crippen LogP contribution < -0.4 is 5.32 Å². The largest absolute Gasteiger partial charge is 0.396 e. The van der Waals surface area contributed by atoms with Crippen LogP contribution in [-0.2, 0) is 11.2 Å². The third kappa shape index (κ3) is 4.45. The number of hydrogen-bond acceptors (Lipinski definition) is 2. The lowest BCUT2D eigenvalue weighted by Crippen LogP contribution is -2.36. The summed E-state index contributed by atoms with van der Waals surface area (Å²) in [6.45, 7) is 2.12. The Kier molecular flexibility index (Phi) is 5.57. The highest BCUT2D eigenvalue weighted by Crippen LogP contribution is 2.01. The zero-order valence-electron chi connectivity index (χ0n) is 9.65. The topological polar surface area (TPSA) is 49.3 Å². The van der Waals surface area contributed by atoms with Crippen molar-refractivity contribution in [3.8, 4) is 0 Å². The van der Waals surface area contributed by atoms with E-state index < -0.39 is 0 Å². The van der Waals surface area contributed by atoms with Gasteiger partial charge in [0, 0.05) is 12.6 Å². The number of carbonyl (C=O) groups is 1. The highest BCUT2D eigenvalue weighted by atomic mass is 16.3. The van der Waals surface area contributed by atoms with Crippen LogP contribution in [0.5, 0.6) is 0 Å². The maximum Gasteiger partial charge on any atom is 0.224 e. The molecule has 0 saturated heterocycles. The fraction of sp³-hybridized carbons (Fsp3) is 0.462. The van der Waals surface area contributed by atoms with E-state index >= 15 is 0 Å². The lowest BCUT2D eigenvalue weighted by atomic mass is 10.1. The summed E-state index contributed by atoms with van der Waals surface area (Å²) >= 11 is 0. The molecule has 1 rings (SSSR count). The standard InChI is InChI=1S/C13H19NO2/c1-2-12(8-9-15)14-13(16)10-11-6-4-3-5-7-11/h3-7,12,15H,2,8-10H2,1H3,(H,14,16). The average molecular weight is 221 g/mol. The molecule has 1 atom stereocenters. The van der Waals surface area contributed by atoms with Gasteiger partial charge in [0.1, 0.15) is 0 Å². The molecule has 1 amide bonds. The van der Waals surface area contributed by atoms with Gasteiger partial charge < -0.3 is 10.4 Å². The first-order valence-electron chi connectivity index (χ1n) is 5.70. The Balaban J connectivity index is 2.41. The first-order valence-corrected chi connectivity index (χ1v) is 5.70. The Morgan fingerprint density at radius 3 is 2.62 bits per heavy atom. The fourth-order valence-corrected chi connectivity index (χ4v) is 1.59. The number of amides is 1. The first kappa shape index (κ1) is 12.7. The number of benzene rings is 1. The maximum atomic E-state index is 11.7. The van der Waals surface area contributed by atoms with Gasteiger partial charge in [0.05, 0.1) is 6.42 Å². The number of aliphatic hydroxyl groups is 1. The Bertz CT molecular complexity index is 311. The summed E-state index contributed by atoms with van der Waals surface area (Å²) in [5.41, 5.74) is 1.01. The first-order chi connectivity index (χ1) is 7.76. The van der Waals surface area contributed by atoms with Crippen LogP contribution in [0.3, 0.4) is 0 Å². The molecule has 88 valence electrons. The number of hydrogen-bond donors (Lipinski definition) is 2. The summed E-state index contributed by atoms with van der Waals surface area (Å²) < 4.78 is 0. The van der Waals surface area contributed by atoms with Gasteiger partial charge in [-0.25, -0.2) is 0 Å². The molecule has 1 aromatic rings. The van der Waals surface area contributed by atoms with Crippen molar-refractivity contribution < 1.29 is 9.90 Å². The normalized spacial score (nSPS) is 12.1. The summed E-state index contributed by atoms with van der Waals surface area (Å²) in [6.07, 6.45) is 1.88. The molecule has 0 heterocycles. The fourth-order valence-electron chi connectivity index (χ4n) is 1.59. The van der Waals surface area contributed by atoms with Crippen LogP contribution in [0.25, 0.3) is 0 Å². The molecule has 0 spiro atoms. The molecule has 0 aliphatic carbocycles. The van der Waals surface area contributed by atoms with Crippen LogP contribution in [0.1, 0.15) is 25.3 Å². The zero-order valence-corrected chi connectivity index (χ0v) is 9.65. The predicted molar refractivity (Wildman–Crippen MR) is 64.1 cm³/mol. The summed E-state index contributed by atoms with van der Waals surface area (Å²) in [5.74, 6) is 0.0199. The molecule has 3 heteroatoms. The number of nitrogens with one attached hydrogen (secondary N) is 1. The second-order valence-corrected chi connectivity index (χ2v) is 3.85. The molecule has 0 radical (unpaired) electrons. The quantitative estimate of drug-likeness (QED) is 0.765. The lowest BCUT2D eigenvalue weighted by molar-refractivity contribution is -0.121. The molecular formula is C13H19NO2. The Hall–Kier alpha value is -1.35. The zero-order chi connectivity index (χ0) is 11.8. The van der Waals surface area contributed by atoms with E-state index in [1.54, 1.807) is 0 Å². The van der Waals surface area contributed by atoms with Crippen LogP contribution in [0.15, 0.2) is 30.3 Å². The SMILES string of the molecule is CCC(CCO)NC(=O)Cc1ccccc1. The summed E-state index contributed by atoms with van der Waals surface area (Å²) in [5, 5.41) is 11.7. The molecule has 2 N–H and O–H groups in total. The average Bonchev–Trinajstić information content (AvgIpc) is 2.29. The van der Waals surface area contributed by atoms with E-state index in [1.165, 1.54) is 0 Å². The van der Waals surface area contributed by atoms with Gasteiger partial charge >= 0.3 is 0 Å². The minimum atomic E-state index is 0.0199. The minimum Gasteiger partial charge on any atom is -0.396 e. The molecule has 0 bridgehead atoms.